The SMILES string of the molecule is Cl.O=C(NC1(CO)CC=CC1)C1CCCNCC1. The molecule has 5 heteroatoms. The number of aliphatic hydroxyl groups excluding tert-OH is 1. The smallest absolute Gasteiger partial charge is 0.223 e. The van der Waals surface area contributed by atoms with Crippen molar-refractivity contribution in [2.75, 3.05) is 19.7 Å². The van der Waals surface area contributed by atoms with E-state index in [1.165, 1.54) is 0 Å². The van der Waals surface area contributed by atoms with Crippen molar-refractivity contribution in [3.05, 3.63) is 12.2 Å². The van der Waals surface area contributed by atoms with Crippen LogP contribution in [0.5, 0.6) is 0 Å². The fourth-order valence-electron chi connectivity index (χ4n) is 2.62. The Morgan fingerprint density at radius 1 is 1.33 bits per heavy atom. The zero-order valence-corrected chi connectivity index (χ0v) is 11.5. The first-order chi connectivity index (χ1) is 8.26. The van der Waals surface area contributed by atoms with Gasteiger partial charge in [-0.15, -0.1) is 12.4 Å². The van der Waals surface area contributed by atoms with Gasteiger partial charge in [0, 0.05) is 5.92 Å². The molecule has 1 unspecified atom stereocenters. The highest BCUT2D eigenvalue weighted by molar-refractivity contribution is 5.85. The van der Waals surface area contributed by atoms with Crippen molar-refractivity contribution in [1.29, 1.82) is 0 Å². The van der Waals surface area contributed by atoms with Crippen LogP contribution in [0.2, 0.25) is 0 Å². The quantitative estimate of drug-likeness (QED) is 0.673. The van der Waals surface area contributed by atoms with E-state index < -0.39 is 5.54 Å². The van der Waals surface area contributed by atoms with Gasteiger partial charge in [-0.05, 0) is 45.2 Å². The van der Waals surface area contributed by atoms with Gasteiger partial charge in [0.1, 0.15) is 0 Å². The lowest BCUT2D eigenvalue weighted by molar-refractivity contribution is -0.127. The van der Waals surface area contributed by atoms with E-state index in [2.05, 4.69) is 10.6 Å². The molecule has 0 saturated carbocycles. The van der Waals surface area contributed by atoms with Crippen molar-refractivity contribution in [2.24, 2.45) is 5.92 Å². The predicted octanol–water partition coefficient (Wildman–Crippen LogP) is 0.995. The van der Waals surface area contributed by atoms with Crippen LogP contribution in [0.3, 0.4) is 0 Å². The molecule has 0 aromatic heterocycles. The third-order valence-corrected chi connectivity index (χ3v) is 3.82. The molecule has 18 heavy (non-hydrogen) atoms. The van der Waals surface area contributed by atoms with E-state index in [9.17, 15) is 9.90 Å². The van der Waals surface area contributed by atoms with Crippen LogP contribution < -0.4 is 10.6 Å². The third-order valence-electron chi connectivity index (χ3n) is 3.82. The lowest BCUT2D eigenvalue weighted by Crippen LogP contribution is -2.51. The van der Waals surface area contributed by atoms with E-state index in [0.717, 1.165) is 45.2 Å². The lowest BCUT2D eigenvalue weighted by Gasteiger charge is -2.30. The van der Waals surface area contributed by atoms with E-state index in [0.29, 0.717) is 0 Å². The van der Waals surface area contributed by atoms with Crippen molar-refractivity contribution in [1.82, 2.24) is 10.6 Å². The second-order valence-corrected chi connectivity index (χ2v) is 5.19. The summed E-state index contributed by atoms with van der Waals surface area (Å²) in [7, 11) is 0. The number of hydrogen-bond donors (Lipinski definition) is 3. The van der Waals surface area contributed by atoms with Crippen LogP contribution in [-0.4, -0.2) is 36.2 Å². The minimum absolute atomic E-state index is 0. The van der Waals surface area contributed by atoms with Gasteiger partial charge < -0.3 is 15.7 Å². The Bertz CT molecular complexity index is 291. The van der Waals surface area contributed by atoms with E-state index in [1.54, 1.807) is 0 Å². The van der Waals surface area contributed by atoms with E-state index in [4.69, 9.17) is 0 Å². The highest BCUT2D eigenvalue weighted by Gasteiger charge is 2.33. The summed E-state index contributed by atoms with van der Waals surface area (Å²) in [6, 6.07) is 0. The van der Waals surface area contributed by atoms with Gasteiger partial charge in [0.15, 0.2) is 0 Å². The Hall–Kier alpha value is -0.580. The predicted molar refractivity (Wildman–Crippen MR) is 73.8 cm³/mol. The lowest BCUT2D eigenvalue weighted by atomic mass is 9.94. The molecule has 0 spiro atoms. The summed E-state index contributed by atoms with van der Waals surface area (Å²) in [6.45, 7) is 1.95. The Labute approximate surface area is 115 Å². The van der Waals surface area contributed by atoms with Gasteiger partial charge >= 0.3 is 0 Å². The summed E-state index contributed by atoms with van der Waals surface area (Å²) < 4.78 is 0. The Balaban J connectivity index is 0.00000162. The van der Waals surface area contributed by atoms with Crippen LogP contribution in [0.4, 0.5) is 0 Å². The van der Waals surface area contributed by atoms with Gasteiger partial charge in [-0.1, -0.05) is 12.2 Å². The number of rotatable bonds is 3. The number of nitrogens with one attached hydrogen (secondary N) is 2. The highest BCUT2D eigenvalue weighted by atomic mass is 35.5. The monoisotopic (exact) mass is 274 g/mol. The van der Waals surface area contributed by atoms with Crippen LogP contribution in [0.25, 0.3) is 0 Å². The molecular formula is C13H23ClN2O2. The fraction of sp³-hybridized carbons (Fsp3) is 0.769. The number of aliphatic hydroxyl groups is 1. The van der Waals surface area contributed by atoms with Crippen molar-refractivity contribution in [3.63, 3.8) is 0 Å². The zero-order valence-electron chi connectivity index (χ0n) is 10.7. The molecular weight excluding hydrogens is 252 g/mol. The molecule has 1 fully saturated rings. The van der Waals surface area contributed by atoms with Crippen molar-refractivity contribution >= 4 is 18.3 Å². The summed E-state index contributed by atoms with van der Waals surface area (Å²) in [4.78, 5) is 12.2. The average molecular weight is 275 g/mol. The molecule has 1 heterocycles. The largest absolute Gasteiger partial charge is 0.394 e. The molecule has 1 aliphatic heterocycles. The zero-order chi connectivity index (χ0) is 12.1. The molecule has 0 bridgehead atoms. The maximum absolute atomic E-state index is 12.2. The molecule has 4 nitrogen and oxygen atoms in total. The Kier molecular flexibility index (Phi) is 6.12. The molecule has 1 aliphatic carbocycles. The summed E-state index contributed by atoms with van der Waals surface area (Å²) in [6.07, 6.45) is 8.48. The van der Waals surface area contributed by atoms with Gasteiger partial charge in [-0.25, -0.2) is 0 Å². The summed E-state index contributed by atoms with van der Waals surface area (Å²) >= 11 is 0. The number of carbonyl (C=O) groups excluding carboxylic acids is 1. The van der Waals surface area contributed by atoms with Crippen LogP contribution in [-0.2, 0) is 4.79 Å². The first kappa shape index (κ1) is 15.5. The average Bonchev–Trinajstić information content (AvgIpc) is 2.64. The van der Waals surface area contributed by atoms with Crippen LogP contribution in [0.1, 0.15) is 32.1 Å². The number of carbonyl (C=O) groups is 1. The third kappa shape index (κ3) is 3.70. The van der Waals surface area contributed by atoms with Crippen molar-refractivity contribution in [3.8, 4) is 0 Å². The molecule has 1 amide bonds. The number of hydrogen-bond acceptors (Lipinski definition) is 3. The van der Waals surface area contributed by atoms with Gasteiger partial charge in [0.25, 0.3) is 0 Å². The molecule has 1 atom stereocenters. The van der Waals surface area contributed by atoms with Crippen molar-refractivity contribution < 1.29 is 9.90 Å². The van der Waals surface area contributed by atoms with Crippen LogP contribution in [0, 0.1) is 5.92 Å². The molecule has 1 saturated heterocycles. The first-order valence-corrected chi connectivity index (χ1v) is 6.54. The molecule has 2 rings (SSSR count). The van der Waals surface area contributed by atoms with Gasteiger partial charge in [-0.2, -0.15) is 0 Å². The topological polar surface area (TPSA) is 61.4 Å². The first-order valence-electron chi connectivity index (χ1n) is 6.54. The van der Waals surface area contributed by atoms with E-state index in [1.807, 2.05) is 12.2 Å². The second-order valence-electron chi connectivity index (χ2n) is 5.19. The Morgan fingerprint density at radius 2 is 2.06 bits per heavy atom. The van der Waals surface area contributed by atoms with E-state index in [-0.39, 0.29) is 30.8 Å². The van der Waals surface area contributed by atoms with Crippen LogP contribution in [0.15, 0.2) is 12.2 Å². The number of halogens is 1. The minimum atomic E-state index is -0.420. The van der Waals surface area contributed by atoms with E-state index >= 15 is 0 Å². The second kappa shape index (κ2) is 7.12. The van der Waals surface area contributed by atoms with Gasteiger partial charge in [-0.3, -0.25) is 4.79 Å². The normalized spacial score (nSPS) is 26.2. The maximum Gasteiger partial charge on any atom is 0.223 e. The molecule has 104 valence electrons. The molecule has 3 N–H and O–H groups in total. The van der Waals surface area contributed by atoms with Crippen molar-refractivity contribution in [2.45, 2.75) is 37.6 Å². The highest BCUT2D eigenvalue weighted by Crippen LogP contribution is 2.24. The Morgan fingerprint density at radius 3 is 2.72 bits per heavy atom. The molecule has 0 aromatic rings. The molecule has 0 radical (unpaired) electrons. The molecule has 0 aromatic carbocycles. The summed E-state index contributed by atoms with van der Waals surface area (Å²) in [5.41, 5.74) is -0.420. The standard InChI is InChI=1S/C13H22N2O2.ClH/c16-10-13(6-1-2-7-13)15-12(17)11-4-3-8-14-9-5-11;/h1-2,11,14,16H,3-10H2,(H,15,17);1H. The summed E-state index contributed by atoms with van der Waals surface area (Å²) in [5, 5.41) is 15.8. The summed E-state index contributed by atoms with van der Waals surface area (Å²) in [5.74, 6) is 0.223. The fourth-order valence-corrected chi connectivity index (χ4v) is 2.62. The number of amides is 1. The van der Waals surface area contributed by atoms with Crippen LogP contribution >= 0.6 is 12.4 Å². The van der Waals surface area contributed by atoms with Gasteiger partial charge in [0.05, 0.1) is 12.1 Å². The maximum atomic E-state index is 12.2. The minimum Gasteiger partial charge on any atom is -0.394 e. The molecule has 2 aliphatic rings. The van der Waals surface area contributed by atoms with Gasteiger partial charge in [0.2, 0.25) is 5.91 Å².